The van der Waals surface area contributed by atoms with Gasteiger partial charge in [0.25, 0.3) is 5.88 Å². The van der Waals surface area contributed by atoms with Crippen molar-refractivity contribution in [1.29, 1.82) is 0 Å². The van der Waals surface area contributed by atoms with Crippen LogP contribution in [-0.2, 0) is 0 Å². The molecule has 0 unspecified atom stereocenters. The van der Waals surface area contributed by atoms with E-state index in [2.05, 4.69) is 15.3 Å². The Morgan fingerprint density at radius 1 is 1.44 bits per heavy atom. The summed E-state index contributed by atoms with van der Waals surface area (Å²) in [6, 6.07) is 0. The fraction of sp³-hybridized carbons (Fsp3) is 0.636. The molecule has 0 aliphatic rings. The van der Waals surface area contributed by atoms with Crippen LogP contribution in [0.4, 0.5) is 11.5 Å². The van der Waals surface area contributed by atoms with Crippen LogP contribution in [0.5, 0.6) is 5.88 Å². The average molecular weight is 254 g/mol. The molecule has 0 bridgehead atoms. The van der Waals surface area contributed by atoms with Crippen molar-refractivity contribution in [2.45, 2.75) is 33.1 Å². The van der Waals surface area contributed by atoms with Crippen LogP contribution in [0, 0.1) is 10.1 Å². The predicted octanol–water partition coefficient (Wildman–Crippen LogP) is 2.34. The lowest BCUT2D eigenvalue weighted by Gasteiger charge is -2.11. The number of nitrogens with zero attached hydrogens (tertiary/aromatic N) is 3. The molecule has 0 aliphatic heterocycles. The zero-order valence-electron chi connectivity index (χ0n) is 11.1. The number of anilines is 1. The largest absolute Gasteiger partial charge is 0.473 e. The Bertz CT molecular complexity index is 435. The van der Waals surface area contributed by atoms with E-state index >= 15 is 0 Å². The van der Waals surface area contributed by atoms with E-state index in [9.17, 15) is 10.1 Å². The molecular weight excluding hydrogens is 236 g/mol. The van der Waals surface area contributed by atoms with Crippen molar-refractivity contribution in [2.24, 2.45) is 0 Å². The van der Waals surface area contributed by atoms with Crippen molar-refractivity contribution in [3.05, 3.63) is 15.9 Å². The van der Waals surface area contributed by atoms with Gasteiger partial charge in [-0.05, 0) is 6.42 Å². The molecule has 1 aromatic rings. The molecule has 0 aliphatic carbocycles. The van der Waals surface area contributed by atoms with Gasteiger partial charge in [-0.1, -0.05) is 20.8 Å². The number of hydrogen-bond acceptors (Lipinski definition) is 6. The lowest BCUT2D eigenvalue weighted by molar-refractivity contribution is -0.385. The van der Waals surface area contributed by atoms with Gasteiger partial charge in [-0.25, -0.2) is 4.98 Å². The maximum atomic E-state index is 11.1. The van der Waals surface area contributed by atoms with Gasteiger partial charge in [-0.15, -0.1) is 0 Å². The summed E-state index contributed by atoms with van der Waals surface area (Å²) in [5.74, 6) is 0.813. The second-order valence-electron chi connectivity index (χ2n) is 4.09. The topological polar surface area (TPSA) is 90.2 Å². The first kappa shape index (κ1) is 14.1. The van der Waals surface area contributed by atoms with Crippen molar-refractivity contribution in [3.8, 4) is 5.88 Å². The SMILES string of the molecule is CCCOc1nc(C(C)C)nc(NC)c1[N+](=O)[O-]. The molecule has 0 radical (unpaired) electrons. The van der Waals surface area contributed by atoms with Gasteiger partial charge >= 0.3 is 5.69 Å². The summed E-state index contributed by atoms with van der Waals surface area (Å²) in [7, 11) is 1.59. The number of rotatable bonds is 6. The summed E-state index contributed by atoms with van der Waals surface area (Å²) in [6.45, 7) is 6.16. The first-order valence-electron chi connectivity index (χ1n) is 5.88. The van der Waals surface area contributed by atoms with Crippen molar-refractivity contribution in [1.82, 2.24) is 9.97 Å². The second kappa shape index (κ2) is 6.13. The third-order valence-electron chi connectivity index (χ3n) is 2.25. The highest BCUT2D eigenvalue weighted by Gasteiger charge is 2.26. The summed E-state index contributed by atoms with van der Waals surface area (Å²) in [6.07, 6.45) is 0.757. The van der Waals surface area contributed by atoms with E-state index in [1.807, 2.05) is 20.8 Å². The molecule has 0 amide bonds. The highest BCUT2D eigenvalue weighted by molar-refractivity contribution is 5.61. The smallest absolute Gasteiger partial charge is 0.372 e. The molecule has 1 N–H and O–H groups in total. The lowest BCUT2D eigenvalue weighted by atomic mass is 10.2. The first-order valence-corrected chi connectivity index (χ1v) is 5.88. The summed E-state index contributed by atoms with van der Waals surface area (Å²) >= 11 is 0. The van der Waals surface area contributed by atoms with E-state index < -0.39 is 4.92 Å². The Balaban J connectivity index is 3.31. The minimum absolute atomic E-state index is 0.0323. The van der Waals surface area contributed by atoms with Crippen molar-refractivity contribution in [2.75, 3.05) is 19.0 Å². The van der Waals surface area contributed by atoms with Crippen LogP contribution in [0.3, 0.4) is 0 Å². The zero-order chi connectivity index (χ0) is 13.7. The summed E-state index contributed by atoms with van der Waals surface area (Å²) in [4.78, 5) is 18.8. The third kappa shape index (κ3) is 3.06. The Hall–Kier alpha value is -1.92. The molecule has 100 valence electrons. The third-order valence-corrected chi connectivity index (χ3v) is 2.25. The molecule has 0 aromatic carbocycles. The zero-order valence-corrected chi connectivity index (χ0v) is 11.1. The molecular formula is C11H18N4O3. The Kier molecular flexibility index (Phi) is 4.82. The van der Waals surface area contributed by atoms with Crippen LogP contribution < -0.4 is 10.1 Å². The van der Waals surface area contributed by atoms with Gasteiger partial charge in [-0.2, -0.15) is 4.98 Å². The lowest BCUT2D eigenvalue weighted by Crippen LogP contribution is -2.10. The maximum absolute atomic E-state index is 11.1. The van der Waals surface area contributed by atoms with Gasteiger partial charge in [0.1, 0.15) is 5.82 Å². The highest BCUT2D eigenvalue weighted by atomic mass is 16.6. The molecule has 0 fully saturated rings. The van der Waals surface area contributed by atoms with Gasteiger partial charge in [0, 0.05) is 13.0 Å². The van der Waals surface area contributed by atoms with E-state index in [4.69, 9.17) is 4.74 Å². The van der Waals surface area contributed by atoms with Crippen LogP contribution in [0.2, 0.25) is 0 Å². The molecule has 1 rings (SSSR count). The van der Waals surface area contributed by atoms with Gasteiger partial charge in [0.2, 0.25) is 5.82 Å². The monoisotopic (exact) mass is 254 g/mol. The molecule has 7 nitrogen and oxygen atoms in total. The van der Waals surface area contributed by atoms with Crippen molar-refractivity contribution < 1.29 is 9.66 Å². The van der Waals surface area contributed by atoms with Crippen molar-refractivity contribution in [3.63, 3.8) is 0 Å². The minimum Gasteiger partial charge on any atom is -0.473 e. The van der Waals surface area contributed by atoms with Crippen LogP contribution in [0.15, 0.2) is 0 Å². The van der Waals surface area contributed by atoms with E-state index in [0.717, 1.165) is 6.42 Å². The standard InChI is InChI=1S/C11H18N4O3/c1-5-6-18-11-8(15(16)17)10(12-4)13-9(14-11)7(2)3/h7H,5-6H2,1-4H3,(H,12,13,14). The number of nitro groups is 1. The molecule has 0 spiro atoms. The molecule has 1 aromatic heterocycles. The van der Waals surface area contributed by atoms with Gasteiger partial charge < -0.3 is 10.1 Å². The molecule has 1 heterocycles. The fourth-order valence-electron chi connectivity index (χ4n) is 1.35. The van der Waals surface area contributed by atoms with Crippen LogP contribution in [0.25, 0.3) is 0 Å². The molecule has 0 saturated heterocycles. The normalized spacial score (nSPS) is 10.5. The number of hydrogen-bond donors (Lipinski definition) is 1. The Labute approximate surface area is 106 Å². The molecule has 18 heavy (non-hydrogen) atoms. The number of aromatic nitrogens is 2. The van der Waals surface area contributed by atoms with Crippen LogP contribution in [0.1, 0.15) is 38.9 Å². The number of nitrogens with one attached hydrogen (secondary N) is 1. The average Bonchev–Trinajstić information content (AvgIpc) is 2.34. The van der Waals surface area contributed by atoms with Gasteiger partial charge in [0.15, 0.2) is 0 Å². The maximum Gasteiger partial charge on any atom is 0.372 e. The highest BCUT2D eigenvalue weighted by Crippen LogP contribution is 2.33. The molecule has 0 atom stereocenters. The number of ether oxygens (including phenoxy) is 1. The molecule has 7 heteroatoms. The van der Waals surface area contributed by atoms with E-state index in [0.29, 0.717) is 12.4 Å². The van der Waals surface area contributed by atoms with Crippen LogP contribution >= 0.6 is 0 Å². The summed E-state index contributed by atoms with van der Waals surface area (Å²) in [5, 5.41) is 13.8. The van der Waals surface area contributed by atoms with Gasteiger partial charge in [0.05, 0.1) is 11.5 Å². The fourth-order valence-corrected chi connectivity index (χ4v) is 1.35. The van der Waals surface area contributed by atoms with E-state index in [-0.39, 0.29) is 23.3 Å². The van der Waals surface area contributed by atoms with E-state index in [1.54, 1.807) is 7.05 Å². The minimum atomic E-state index is -0.527. The quantitative estimate of drug-likeness (QED) is 0.619. The van der Waals surface area contributed by atoms with Crippen LogP contribution in [-0.4, -0.2) is 28.5 Å². The first-order chi connectivity index (χ1) is 8.51. The Morgan fingerprint density at radius 2 is 2.11 bits per heavy atom. The summed E-state index contributed by atoms with van der Waals surface area (Å²) < 4.78 is 5.35. The van der Waals surface area contributed by atoms with E-state index in [1.165, 1.54) is 0 Å². The van der Waals surface area contributed by atoms with Gasteiger partial charge in [-0.3, -0.25) is 10.1 Å². The molecule has 0 saturated carbocycles. The Morgan fingerprint density at radius 3 is 2.56 bits per heavy atom. The van der Waals surface area contributed by atoms with Crippen molar-refractivity contribution >= 4 is 11.5 Å². The predicted molar refractivity (Wildman–Crippen MR) is 68.1 cm³/mol. The second-order valence-corrected chi connectivity index (χ2v) is 4.09. The summed E-state index contributed by atoms with van der Waals surface area (Å²) in [5.41, 5.74) is -0.213.